The van der Waals surface area contributed by atoms with Gasteiger partial charge in [0.2, 0.25) is 0 Å². The van der Waals surface area contributed by atoms with Crippen molar-refractivity contribution in [2.75, 3.05) is 26.2 Å². The average Bonchev–Trinajstić information content (AvgIpc) is 2.65. The minimum atomic E-state index is -3.35. The Hall–Kier alpha value is -0.170. The summed E-state index contributed by atoms with van der Waals surface area (Å²) in [4.78, 5) is 0. The Bertz CT molecular complexity index is 299. The monoisotopic (exact) mass is 250 g/mol. The van der Waals surface area contributed by atoms with Crippen LogP contribution in [-0.4, -0.2) is 54.4 Å². The number of aliphatic hydroxyl groups excluding tert-OH is 1. The SMILES string of the molecule is CCCN(CCC)S(=O)(=O)N1CCC(O)C1. The highest BCUT2D eigenvalue weighted by Gasteiger charge is 2.34. The Morgan fingerprint density at radius 1 is 1.31 bits per heavy atom. The van der Waals surface area contributed by atoms with E-state index in [4.69, 9.17) is 0 Å². The molecule has 0 bridgehead atoms. The number of β-amino-alcohol motifs (C(OH)–C–C–N with tert-alkyl or cyclic N) is 1. The molecule has 5 nitrogen and oxygen atoms in total. The molecule has 6 heteroatoms. The van der Waals surface area contributed by atoms with Crippen molar-refractivity contribution in [3.63, 3.8) is 0 Å². The van der Waals surface area contributed by atoms with E-state index in [2.05, 4.69) is 0 Å². The molecule has 0 aromatic rings. The molecule has 1 atom stereocenters. The molecule has 0 aromatic carbocycles. The smallest absolute Gasteiger partial charge is 0.282 e. The zero-order valence-corrected chi connectivity index (χ0v) is 10.9. The molecule has 0 saturated carbocycles. The van der Waals surface area contributed by atoms with Crippen LogP contribution in [0.1, 0.15) is 33.1 Å². The van der Waals surface area contributed by atoms with Gasteiger partial charge >= 0.3 is 0 Å². The van der Waals surface area contributed by atoms with Crippen molar-refractivity contribution in [1.29, 1.82) is 0 Å². The first kappa shape index (κ1) is 13.9. The summed E-state index contributed by atoms with van der Waals surface area (Å²) in [6.45, 7) is 5.74. The Balaban J connectivity index is 2.72. The van der Waals surface area contributed by atoms with Crippen molar-refractivity contribution >= 4 is 10.2 Å². The number of hydrogen-bond acceptors (Lipinski definition) is 3. The summed E-state index contributed by atoms with van der Waals surface area (Å²) in [5, 5.41) is 9.38. The van der Waals surface area contributed by atoms with Gasteiger partial charge in [-0.2, -0.15) is 17.0 Å². The van der Waals surface area contributed by atoms with Gasteiger partial charge in [0.05, 0.1) is 6.10 Å². The van der Waals surface area contributed by atoms with E-state index >= 15 is 0 Å². The van der Waals surface area contributed by atoms with E-state index in [-0.39, 0.29) is 6.54 Å². The second-order valence-corrected chi connectivity index (χ2v) is 6.14. The normalized spacial score (nSPS) is 23.1. The molecule has 0 amide bonds. The van der Waals surface area contributed by atoms with E-state index in [1.165, 1.54) is 8.61 Å². The van der Waals surface area contributed by atoms with Crippen LogP contribution in [0.4, 0.5) is 0 Å². The summed E-state index contributed by atoms with van der Waals surface area (Å²) < 4.78 is 27.3. The van der Waals surface area contributed by atoms with Crippen molar-refractivity contribution < 1.29 is 13.5 Å². The molecule has 96 valence electrons. The van der Waals surface area contributed by atoms with Gasteiger partial charge in [0.1, 0.15) is 0 Å². The van der Waals surface area contributed by atoms with Crippen LogP contribution in [-0.2, 0) is 10.2 Å². The molecule has 0 spiro atoms. The third kappa shape index (κ3) is 3.16. The third-order valence-electron chi connectivity index (χ3n) is 2.72. The fourth-order valence-corrected chi connectivity index (χ4v) is 3.77. The van der Waals surface area contributed by atoms with Crippen LogP contribution in [0.25, 0.3) is 0 Å². The van der Waals surface area contributed by atoms with Crippen LogP contribution in [0.2, 0.25) is 0 Å². The van der Waals surface area contributed by atoms with Gasteiger partial charge in [-0.3, -0.25) is 0 Å². The van der Waals surface area contributed by atoms with Gasteiger partial charge in [0, 0.05) is 26.2 Å². The lowest BCUT2D eigenvalue weighted by Crippen LogP contribution is -2.43. The predicted octanol–water partition coefficient (Wildman–Crippen LogP) is 0.420. The van der Waals surface area contributed by atoms with Gasteiger partial charge in [0.25, 0.3) is 10.2 Å². The van der Waals surface area contributed by atoms with Gasteiger partial charge in [-0.15, -0.1) is 0 Å². The van der Waals surface area contributed by atoms with E-state index in [1.807, 2.05) is 13.8 Å². The van der Waals surface area contributed by atoms with Crippen LogP contribution >= 0.6 is 0 Å². The van der Waals surface area contributed by atoms with Crippen molar-refractivity contribution in [3.05, 3.63) is 0 Å². The van der Waals surface area contributed by atoms with E-state index in [0.717, 1.165) is 12.8 Å². The maximum Gasteiger partial charge on any atom is 0.282 e. The molecule has 1 aliphatic heterocycles. The first-order valence-corrected chi connectivity index (χ1v) is 7.35. The highest BCUT2D eigenvalue weighted by Crippen LogP contribution is 2.17. The van der Waals surface area contributed by atoms with Crippen molar-refractivity contribution in [3.8, 4) is 0 Å². The molecule has 1 rings (SSSR count). The second-order valence-electron chi connectivity index (χ2n) is 4.21. The largest absolute Gasteiger partial charge is 0.392 e. The van der Waals surface area contributed by atoms with Crippen LogP contribution in [0.5, 0.6) is 0 Å². The highest BCUT2D eigenvalue weighted by molar-refractivity contribution is 7.86. The third-order valence-corrected chi connectivity index (χ3v) is 4.73. The number of rotatable bonds is 6. The molecule has 0 aromatic heterocycles. The first-order chi connectivity index (χ1) is 7.52. The zero-order valence-electron chi connectivity index (χ0n) is 10.1. The summed E-state index contributed by atoms with van der Waals surface area (Å²) in [7, 11) is -3.35. The zero-order chi connectivity index (χ0) is 12.2. The molecule has 1 unspecified atom stereocenters. The summed E-state index contributed by atoms with van der Waals surface area (Å²) >= 11 is 0. The number of aliphatic hydroxyl groups is 1. The van der Waals surface area contributed by atoms with Crippen LogP contribution in [0.15, 0.2) is 0 Å². The quantitative estimate of drug-likeness (QED) is 0.743. The van der Waals surface area contributed by atoms with E-state index < -0.39 is 16.3 Å². The molecule has 1 fully saturated rings. The van der Waals surface area contributed by atoms with E-state index in [9.17, 15) is 13.5 Å². The van der Waals surface area contributed by atoms with Gasteiger partial charge < -0.3 is 5.11 Å². The maximum atomic E-state index is 12.2. The average molecular weight is 250 g/mol. The maximum absolute atomic E-state index is 12.2. The molecular weight excluding hydrogens is 228 g/mol. The minimum absolute atomic E-state index is 0.242. The molecule has 1 aliphatic rings. The van der Waals surface area contributed by atoms with Gasteiger partial charge in [-0.25, -0.2) is 0 Å². The molecular formula is C10H22N2O3S. The lowest BCUT2D eigenvalue weighted by Gasteiger charge is -2.26. The first-order valence-electron chi connectivity index (χ1n) is 5.95. The van der Waals surface area contributed by atoms with Crippen molar-refractivity contribution in [1.82, 2.24) is 8.61 Å². The summed E-state index contributed by atoms with van der Waals surface area (Å²) in [6, 6.07) is 0. The van der Waals surface area contributed by atoms with E-state index in [1.54, 1.807) is 0 Å². The number of hydrogen-bond donors (Lipinski definition) is 1. The summed E-state index contributed by atoms with van der Waals surface area (Å²) in [5.41, 5.74) is 0. The van der Waals surface area contributed by atoms with Gasteiger partial charge in [-0.1, -0.05) is 13.8 Å². The van der Waals surface area contributed by atoms with Gasteiger partial charge in [-0.05, 0) is 19.3 Å². The van der Waals surface area contributed by atoms with Crippen LogP contribution in [0.3, 0.4) is 0 Å². The Kier molecular flexibility index (Phi) is 5.17. The molecule has 1 heterocycles. The fourth-order valence-electron chi connectivity index (χ4n) is 1.92. The topological polar surface area (TPSA) is 60.9 Å². The van der Waals surface area contributed by atoms with Crippen LogP contribution < -0.4 is 0 Å². The molecule has 1 N–H and O–H groups in total. The Labute approximate surface area is 98.2 Å². The Morgan fingerprint density at radius 2 is 1.88 bits per heavy atom. The molecule has 1 saturated heterocycles. The van der Waals surface area contributed by atoms with E-state index in [0.29, 0.717) is 26.1 Å². The standard InChI is InChI=1S/C10H22N2O3S/c1-3-6-11(7-4-2)16(14,15)12-8-5-10(13)9-12/h10,13H,3-9H2,1-2H3. The van der Waals surface area contributed by atoms with Crippen molar-refractivity contribution in [2.24, 2.45) is 0 Å². The molecule has 16 heavy (non-hydrogen) atoms. The Morgan fingerprint density at radius 3 is 2.25 bits per heavy atom. The van der Waals surface area contributed by atoms with Crippen LogP contribution in [0, 0.1) is 0 Å². The fraction of sp³-hybridized carbons (Fsp3) is 1.00. The second kappa shape index (κ2) is 5.95. The van der Waals surface area contributed by atoms with Crippen molar-refractivity contribution in [2.45, 2.75) is 39.2 Å². The lowest BCUT2D eigenvalue weighted by atomic mass is 10.3. The molecule has 0 radical (unpaired) electrons. The summed E-state index contributed by atoms with van der Waals surface area (Å²) in [5.74, 6) is 0. The summed E-state index contributed by atoms with van der Waals surface area (Å²) in [6.07, 6.45) is 1.68. The van der Waals surface area contributed by atoms with Gasteiger partial charge in [0.15, 0.2) is 0 Å². The lowest BCUT2D eigenvalue weighted by molar-refractivity contribution is 0.188. The molecule has 0 aliphatic carbocycles. The predicted molar refractivity (Wildman–Crippen MR) is 63.3 cm³/mol. The highest BCUT2D eigenvalue weighted by atomic mass is 32.2. The number of nitrogens with zero attached hydrogens (tertiary/aromatic N) is 2. The minimum Gasteiger partial charge on any atom is -0.392 e.